The molecule has 1 aliphatic rings. The van der Waals surface area contributed by atoms with E-state index in [2.05, 4.69) is 21.1 Å². The van der Waals surface area contributed by atoms with Gasteiger partial charge in [-0.1, -0.05) is 18.2 Å². The SMILES string of the molecule is CS(=O)(=O)Nc1cccc(CC2NC(=O)N(CCc3ccc4[nH]cc(CCN)c4c3)C2=O)c1. The number of amides is 3. The van der Waals surface area contributed by atoms with Crippen LogP contribution in [0.4, 0.5) is 10.5 Å². The average molecular weight is 470 g/mol. The first-order valence-electron chi connectivity index (χ1n) is 10.7. The van der Waals surface area contributed by atoms with E-state index in [1.165, 1.54) is 4.90 Å². The van der Waals surface area contributed by atoms with Gasteiger partial charge in [-0.2, -0.15) is 0 Å². The number of nitrogens with one attached hydrogen (secondary N) is 3. The van der Waals surface area contributed by atoms with Crippen molar-refractivity contribution in [3.63, 3.8) is 0 Å². The molecule has 1 fully saturated rings. The van der Waals surface area contributed by atoms with E-state index in [0.29, 0.717) is 18.7 Å². The predicted molar refractivity (Wildman–Crippen MR) is 127 cm³/mol. The van der Waals surface area contributed by atoms with Gasteiger partial charge in [-0.05, 0) is 60.3 Å². The number of aromatic nitrogens is 1. The first-order valence-corrected chi connectivity index (χ1v) is 12.6. The predicted octanol–water partition coefficient (Wildman–Crippen LogP) is 1.75. The maximum Gasteiger partial charge on any atom is 0.324 e. The van der Waals surface area contributed by atoms with Gasteiger partial charge in [0.25, 0.3) is 5.91 Å². The molecule has 1 unspecified atom stereocenters. The zero-order valence-electron chi connectivity index (χ0n) is 18.3. The number of nitrogens with zero attached hydrogens (tertiary/aromatic N) is 1. The van der Waals surface area contributed by atoms with Crippen LogP contribution in [0, 0.1) is 0 Å². The van der Waals surface area contributed by atoms with Crippen LogP contribution in [-0.2, 0) is 34.1 Å². The summed E-state index contributed by atoms with van der Waals surface area (Å²) < 4.78 is 25.3. The summed E-state index contributed by atoms with van der Waals surface area (Å²) in [6.07, 6.45) is 4.63. The topological polar surface area (TPSA) is 137 Å². The zero-order chi connectivity index (χ0) is 23.6. The summed E-state index contributed by atoms with van der Waals surface area (Å²) in [5.41, 5.74) is 10.1. The molecule has 174 valence electrons. The number of benzene rings is 2. The molecule has 0 bridgehead atoms. The minimum absolute atomic E-state index is 0.276. The van der Waals surface area contributed by atoms with Crippen molar-refractivity contribution >= 4 is 38.6 Å². The van der Waals surface area contributed by atoms with Crippen LogP contribution >= 0.6 is 0 Å². The second kappa shape index (κ2) is 9.24. The molecule has 5 N–H and O–H groups in total. The van der Waals surface area contributed by atoms with Gasteiger partial charge in [-0.15, -0.1) is 0 Å². The van der Waals surface area contributed by atoms with Crippen molar-refractivity contribution in [2.75, 3.05) is 24.1 Å². The van der Waals surface area contributed by atoms with Gasteiger partial charge in [-0.25, -0.2) is 13.2 Å². The number of rotatable bonds is 9. The van der Waals surface area contributed by atoms with Crippen LogP contribution < -0.4 is 15.8 Å². The Morgan fingerprint density at radius 1 is 1.09 bits per heavy atom. The fraction of sp³-hybridized carbons (Fsp3) is 0.304. The van der Waals surface area contributed by atoms with Crippen LogP contribution in [0.25, 0.3) is 10.9 Å². The average Bonchev–Trinajstić information content (AvgIpc) is 3.26. The summed E-state index contributed by atoms with van der Waals surface area (Å²) in [6, 6.07) is 11.8. The molecular weight excluding hydrogens is 442 g/mol. The molecule has 3 amide bonds. The van der Waals surface area contributed by atoms with Crippen LogP contribution in [0.2, 0.25) is 0 Å². The number of nitrogens with two attached hydrogens (primary N) is 1. The monoisotopic (exact) mass is 469 g/mol. The molecule has 3 aromatic rings. The van der Waals surface area contributed by atoms with Crippen molar-refractivity contribution < 1.29 is 18.0 Å². The Hall–Kier alpha value is -3.37. The highest BCUT2D eigenvalue weighted by molar-refractivity contribution is 7.92. The van der Waals surface area contributed by atoms with Crippen molar-refractivity contribution in [1.82, 2.24) is 15.2 Å². The van der Waals surface area contributed by atoms with Gasteiger partial charge in [0.05, 0.1) is 6.26 Å². The highest BCUT2D eigenvalue weighted by atomic mass is 32.2. The summed E-state index contributed by atoms with van der Waals surface area (Å²) in [5.74, 6) is -0.284. The summed E-state index contributed by atoms with van der Waals surface area (Å²) in [6.45, 7) is 0.841. The lowest BCUT2D eigenvalue weighted by Crippen LogP contribution is -2.33. The van der Waals surface area contributed by atoms with E-state index in [4.69, 9.17) is 5.73 Å². The van der Waals surface area contributed by atoms with Crippen LogP contribution in [0.3, 0.4) is 0 Å². The molecular formula is C23H27N5O4S. The Morgan fingerprint density at radius 2 is 1.91 bits per heavy atom. The zero-order valence-corrected chi connectivity index (χ0v) is 19.1. The standard InChI is InChI=1S/C23H27N5O4S/c1-33(31,32)27-18-4-2-3-16(11-18)13-21-22(29)28(23(30)26-21)10-8-15-5-6-20-19(12-15)17(7-9-24)14-25-20/h2-6,11-12,14,21,25,27H,7-10,13,24H2,1H3,(H,26,30). The molecule has 9 nitrogen and oxygen atoms in total. The second-order valence-corrected chi connectivity index (χ2v) is 10.0. The van der Waals surface area contributed by atoms with E-state index in [0.717, 1.165) is 40.3 Å². The maximum atomic E-state index is 12.9. The molecule has 0 radical (unpaired) electrons. The Balaban J connectivity index is 1.41. The Morgan fingerprint density at radius 3 is 2.67 bits per heavy atom. The highest BCUT2D eigenvalue weighted by Crippen LogP contribution is 2.22. The number of hydrogen-bond donors (Lipinski definition) is 4. The molecule has 0 saturated carbocycles. The van der Waals surface area contributed by atoms with Crippen molar-refractivity contribution in [2.45, 2.75) is 25.3 Å². The molecule has 2 heterocycles. The Bertz CT molecular complexity index is 1300. The molecule has 1 aromatic heterocycles. The van der Waals surface area contributed by atoms with Gasteiger partial charge in [0.1, 0.15) is 6.04 Å². The molecule has 1 aliphatic heterocycles. The minimum atomic E-state index is -3.40. The van der Waals surface area contributed by atoms with Gasteiger partial charge < -0.3 is 16.0 Å². The number of hydrogen-bond acceptors (Lipinski definition) is 5. The first kappa shape index (κ1) is 22.8. The van der Waals surface area contributed by atoms with Gasteiger partial charge in [0.15, 0.2) is 0 Å². The van der Waals surface area contributed by atoms with Crippen LogP contribution in [0.15, 0.2) is 48.7 Å². The number of urea groups is 1. The molecule has 0 spiro atoms. The van der Waals surface area contributed by atoms with E-state index in [1.807, 2.05) is 18.3 Å². The van der Waals surface area contributed by atoms with E-state index < -0.39 is 22.1 Å². The van der Waals surface area contributed by atoms with Gasteiger partial charge in [0.2, 0.25) is 10.0 Å². The number of carbonyl (C=O) groups is 2. The lowest BCUT2D eigenvalue weighted by molar-refractivity contribution is -0.127. The largest absolute Gasteiger partial charge is 0.361 e. The van der Waals surface area contributed by atoms with Crippen molar-refractivity contribution in [1.29, 1.82) is 0 Å². The number of sulfonamides is 1. The van der Waals surface area contributed by atoms with Gasteiger partial charge >= 0.3 is 6.03 Å². The number of aromatic amines is 1. The van der Waals surface area contributed by atoms with Gasteiger partial charge in [0, 0.05) is 35.8 Å². The fourth-order valence-corrected chi connectivity index (χ4v) is 4.68. The fourth-order valence-electron chi connectivity index (χ4n) is 4.12. The quantitative estimate of drug-likeness (QED) is 0.354. The molecule has 4 rings (SSSR count). The smallest absolute Gasteiger partial charge is 0.324 e. The highest BCUT2D eigenvalue weighted by Gasteiger charge is 2.37. The number of carbonyl (C=O) groups excluding carboxylic acids is 2. The number of imide groups is 1. The third-order valence-electron chi connectivity index (χ3n) is 5.65. The van der Waals surface area contributed by atoms with E-state index >= 15 is 0 Å². The van der Waals surface area contributed by atoms with Gasteiger partial charge in [-0.3, -0.25) is 14.4 Å². The number of anilines is 1. The maximum absolute atomic E-state index is 12.9. The third-order valence-corrected chi connectivity index (χ3v) is 6.25. The van der Waals surface area contributed by atoms with Crippen molar-refractivity contribution in [3.05, 3.63) is 65.4 Å². The summed E-state index contributed by atoms with van der Waals surface area (Å²) in [7, 11) is -3.40. The van der Waals surface area contributed by atoms with Crippen molar-refractivity contribution in [2.24, 2.45) is 5.73 Å². The van der Waals surface area contributed by atoms with Crippen molar-refractivity contribution in [3.8, 4) is 0 Å². The van der Waals surface area contributed by atoms with Crippen LogP contribution in [-0.4, -0.2) is 55.6 Å². The number of H-pyrrole nitrogens is 1. The second-order valence-electron chi connectivity index (χ2n) is 8.25. The molecule has 33 heavy (non-hydrogen) atoms. The molecule has 1 saturated heterocycles. The van der Waals surface area contributed by atoms with Crippen LogP contribution in [0.1, 0.15) is 16.7 Å². The lowest BCUT2D eigenvalue weighted by Gasteiger charge is -2.13. The van der Waals surface area contributed by atoms with E-state index in [1.54, 1.807) is 24.3 Å². The molecule has 10 heteroatoms. The first-order chi connectivity index (χ1) is 15.7. The lowest BCUT2D eigenvalue weighted by atomic mass is 10.0. The number of fused-ring (bicyclic) bond motifs is 1. The molecule has 0 aliphatic carbocycles. The summed E-state index contributed by atoms with van der Waals surface area (Å²) in [4.78, 5) is 29.8. The van der Waals surface area contributed by atoms with E-state index in [-0.39, 0.29) is 18.9 Å². The molecule has 2 aromatic carbocycles. The van der Waals surface area contributed by atoms with E-state index in [9.17, 15) is 18.0 Å². The summed E-state index contributed by atoms with van der Waals surface area (Å²) in [5, 5.41) is 3.84. The Kier molecular flexibility index (Phi) is 6.39. The normalized spacial score (nSPS) is 16.4. The minimum Gasteiger partial charge on any atom is -0.361 e. The molecule has 1 atom stereocenters. The third kappa shape index (κ3) is 5.35. The van der Waals surface area contributed by atoms with Crippen LogP contribution in [0.5, 0.6) is 0 Å². The summed E-state index contributed by atoms with van der Waals surface area (Å²) >= 11 is 0. The Labute approximate surface area is 192 Å².